The van der Waals surface area contributed by atoms with Crippen LogP contribution in [0.5, 0.6) is 5.88 Å². The molecule has 7 heteroatoms. The van der Waals surface area contributed by atoms with Crippen LogP contribution in [0.3, 0.4) is 0 Å². The number of aryl methyl sites for hydroxylation is 2. The molecule has 29 heavy (non-hydrogen) atoms. The monoisotopic (exact) mass is 411 g/mol. The first-order chi connectivity index (χ1) is 14.0. The van der Waals surface area contributed by atoms with Crippen LogP contribution in [0.15, 0.2) is 41.4 Å². The van der Waals surface area contributed by atoms with Crippen molar-refractivity contribution in [2.75, 3.05) is 0 Å². The van der Waals surface area contributed by atoms with E-state index in [0.717, 1.165) is 44.9 Å². The average molecular weight is 412 g/mol. The minimum atomic E-state index is -3.51. The van der Waals surface area contributed by atoms with E-state index in [1.165, 1.54) is 23.7 Å². The smallest absolute Gasteiger partial charge is 0.240 e. The third-order valence-electron chi connectivity index (χ3n) is 5.78. The number of nitrogens with one attached hydrogen (secondary N) is 1. The summed E-state index contributed by atoms with van der Waals surface area (Å²) >= 11 is 0. The van der Waals surface area contributed by atoms with Crippen molar-refractivity contribution in [2.24, 2.45) is 0 Å². The molecule has 1 fully saturated rings. The average Bonchev–Trinajstić information content (AvgIpc) is 2.75. The van der Waals surface area contributed by atoms with E-state index in [0.29, 0.717) is 16.3 Å². The van der Waals surface area contributed by atoms with Gasteiger partial charge in [0.15, 0.2) is 0 Å². The third kappa shape index (κ3) is 4.77. The van der Waals surface area contributed by atoms with Gasteiger partial charge >= 0.3 is 0 Å². The molecule has 1 heterocycles. The Balaban J connectivity index is 1.33. The van der Waals surface area contributed by atoms with Crippen molar-refractivity contribution in [3.05, 3.63) is 53.2 Å². The molecule has 0 aliphatic heterocycles. The van der Waals surface area contributed by atoms with E-state index in [1.807, 2.05) is 18.2 Å². The molecular formula is C22H25N3O3S. The van der Waals surface area contributed by atoms with Gasteiger partial charge in [0.05, 0.1) is 10.5 Å². The van der Waals surface area contributed by atoms with E-state index in [-0.39, 0.29) is 12.1 Å². The van der Waals surface area contributed by atoms with Crippen LogP contribution < -0.4 is 9.46 Å². The van der Waals surface area contributed by atoms with E-state index in [9.17, 15) is 8.42 Å². The zero-order valence-corrected chi connectivity index (χ0v) is 17.1. The van der Waals surface area contributed by atoms with Crippen molar-refractivity contribution in [2.45, 2.75) is 68.4 Å². The number of aromatic nitrogens is 1. The molecule has 2 aromatic rings. The summed E-state index contributed by atoms with van der Waals surface area (Å²) in [5, 5.41) is 8.83. The van der Waals surface area contributed by atoms with Gasteiger partial charge in [-0.05, 0) is 80.7 Å². The number of hydrogen-bond acceptors (Lipinski definition) is 5. The Morgan fingerprint density at radius 1 is 1.03 bits per heavy atom. The maximum Gasteiger partial charge on any atom is 0.240 e. The quantitative estimate of drug-likeness (QED) is 0.813. The van der Waals surface area contributed by atoms with Gasteiger partial charge in [-0.1, -0.05) is 6.07 Å². The van der Waals surface area contributed by atoms with Crippen LogP contribution in [-0.4, -0.2) is 25.5 Å². The van der Waals surface area contributed by atoms with Crippen molar-refractivity contribution in [1.29, 1.82) is 5.26 Å². The maximum absolute atomic E-state index is 12.8. The lowest BCUT2D eigenvalue weighted by Crippen LogP contribution is -2.39. The number of nitriles is 1. The fraction of sp³-hybridized carbons (Fsp3) is 0.455. The highest BCUT2D eigenvalue weighted by Crippen LogP contribution is 2.27. The van der Waals surface area contributed by atoms with E-state index in [2.05, 4.69) is 9.71 Å². The molecule has 4 rings (SSSR count). The Kier molecular flexibility index (Phi) is 5.84. The first-order valence-electron chi connectivity index (χ1n) is 10.2. The lowest BCUT2D eigenvalue weighted by molar-refractivity contribution is 0.138. The summed E-state index contributed by atoms with van der Waals surface area (Å²) in [5.41, 5.74) is 2.95. The largest absolute Gasteiger partial charge is 0.474 e. The van der Waals surface area contributed by atoms with Crippen LogP contribution in [0.1, 0.15) is 55.2 Å². The minimum absolute atomic E-state index is 0.0138. The molecule has 0 spiro atoms. The molecule has 152 valence electrons. The van der Waals surface area contributed by atoms with Gasteiger partial charge in [-0.3, -0.25) is 0 Å². The summed E-state index contributed by atoms with van der Waals surface area (Å²) in [5.74, 6) is 0.502. The molecule has 1 aromatic carbocycles. The normalized spacial score (nSPS) is 21.8. The number of benzene rings is 1. The first-order valence-corrected chi connectivity index (χ1v) is 11.7. The minimum Gasteiger partial charge on any atom is -0.474 e. The number of nitrogens with zero attached hydrogens (tertiary/aromatic N) is 2. The molecule has 0 atom stereocenters. The predicted molar refractivity (Wildman–Crippen MR) is 109 cm³/mol. The van der Waals surface area contributed by atoms with E-state index in [4.69, 9.17) is 10.00 Å². The standard InChI is InChI=1S/C22H25N3O3S/c23-14-16-5-12-22(24-15-16)28-20-9-7-19(8-10-20)25-29(26,27)21-11-6-17-3-1-2-4-18(17)13-21/h5-6,11-13,15,19-20,25H,1-4,7-10H2. The highest BCUT2D eigenvalue weighted by atomic mass is 32.2. The van der Waals surface area contributed by atoms with E-state index in [1.54, 1.807) is 18.2 Å². The molecule has 0 bridgehead atoms. The molecule has 1 N–H and O–H groups in total. The summed E-state index contributed by atoms with van der Waals surface area (Å²) in [7, 11) is -3.51. The van der Waals surface area contributed by atoms with Crippen molar-refractivity contribution in [3.8, 4) is 11.9 Å². The number of ether oxygens (including phenoxy) is 1. The number of pyridine rings is 1. The number of hydrogen-bond donors (Lipinski definition) is 1. The second-order valence-electron chi connectivity index (χ2n) is 7.85. The van der Waals surface area contributed by atoms with Crippen LogP contribution in [-0.2, 0) is 22.9 Å². The van der Waals surface area contributed by atoms with E-state index >= 15 is 0 Å². The van der Waals surface area contributed by atoms with Crippen molar-refractivity contribution in [1.82, 2.24) is 9.71 Å². The summed E-state index contributed by atoms with van der Waals surface area (Å²) in [6.45, 7) is 0. The van der Waals surface area contributed by atoms with Crippen LogP contribution in [0.4, 0.5) is 0 Å². The van der Waals surface area contributed by atoms with Crippen LogP contribution >= 0.6 is 0 Å². The van der Waals surface area contributed by atoms with Gasteiger partial charge in [0.25, 0.3) is 0 Å². The topological polar surface area (TPSA) is 92.1 Å². The summed E-state index contributed by atoms with van der Waals surface area (Å²) in [6.07, 6.45) is 8.80. The Morgan fingerprint density at radius 3 is 2.48 bits per heavy atom. The van der Waals surface area contributed by atoms with E-state index < -0.39 is 10.0 Å². The number of sulfonamides is 1. The predicted octanol–water partition coefficient (Wildman–Crippen LogP) is 3.50. The molecule has 0 amide bonds. The van der Waals surface area contributed by atoms with Gasteiger partial charge in [-0.25, -0.2) is 18.1 Å². The Bertz CT molecular complexity index is 1000. The van der Waals surface area contributed by atoms with Gasteiger partial charge in [0.1, 0.15) is 12.2 Å². The highest BCUT2D eigenvalue weighted by Gasteiger charge is 2.27. The van der Waals surface area contributed by atoms with Gasteiger partial charge in [-0.15, -0.1) is 0 Å². The Hall–Kier alpha value is -2.43. The second kappa shape index (κ2) is 8.52. The first kappa shape index (κ1) is 19.9. The molecular weight excluding hydrogens is 386 g/mol. The molecule has 0 unspecified atom stereocenters. The summed E-state index contributed by atoms with van der Waals surface area (Å²) < 4.78 is 34.4. The van der Waals surface area contributed by atoms with Gasteiger partial charge < -0.3 is 4.74 Å². The van der Waals surface area contributed by atoms with Crippen LogP contribution in [0.2, 0.25) is 0 Å². The van der Waals surface area contributed by atoms with Crippen molar-refractivity contribution in [3.63, 3.8) is 0 Å². The molecule has 1 saturated carbocycles. The summed E-state index contributed by atoms with van der Waals surface area (Å²) in [6, 6.07) is 10.9. The van der Waals surface area contributed by atoms with Gasteiger partial charge in [-0.2, -0.15) is 5.26 Å². The zero-order valence-electron chi connectivity index (χ0n) is 16.3. The number of rotatable bonds is 5. The molecule has 1 aromatic heterocycles. The lowest BCUT2D eigenvalue weighted by Gasteiger charge is -2.29. The summed E-state index contributed by atoms with van der Waals surface area (Å²) in [4.78, 5) is 4.51. The molecule has 0 radical (unpaired) electrons. The van der Waals surface area contributed by atoms with Crippen molar-refractivity contribution >= 4 is 10.0 Å². The third-order valence-corrected chi connectivity index (χ3v) is 7.30. The fourth-order valence-corrected chi connectivity index (χ4v) is 5.51. The Morgan fingerprint density at radius 2 is 1.79 bits per heavy atom. The highest BCUT2D eigenvalue weighted by molar-refractivity contribution is 7.89. The van der Waals surface area contributed by atoms with Crippen LogP contribution in [0.25, 0.3) is 0 Å². The lowest BCUT2D eigenvalue weighted by atomic mass is 9.92. The SMILES string of the molecule is N#Cc1ccc(OC2CCC(NS(=O)(=O)c3ccc4c(c3)CCCC4)CC2)nc1. The van der Waals surface area contributed by atoms with Crippen molar-refractivity contribution < 1.29 is 13.2 Å². The van der Waals surface area contributed by atoms with Gasteiger partial charge in [0.2, 0.25) is 15.9 Å². The molecule has 6 nitrogen and oxygen atoms in total. The second-order valence-corrected chi connectivity index (χ2v) is 9.56. The van der Waals surface area contributed by atoms with Gasteiger partial charge in [0, 0.05) is 18.3 Å². The fourth-order valence-electron chi connectivity index (χ4n) is 4.15. The Labute approximate surface area is 172 Å². The number of fused-ring (bicyclic) bond motifs is 1. The maximum atomic E-state index is 12.8. The molecule has 0 saturated heterocycles. The zero-order chi connectivity index (χ0) is 20.3. The van der Waals surface area contributed by atoms with Crippen LogP contribution in [0, 0.1) is 11.3 Å². The molecule has 2 aliphatic rings. The molecule has 2 aliphatic carbocycles.